The summed E-state index contributed by atoms with van der Waals surface area (Å²) in [5, 5.41) is 0. The minimum atomic E-state index is -0.334. The van der Waals surface area contributed by atoms with Crippen LogP contribution in [0, 0.1) is 0 Å². The summed E-state index contributed by atoms with van der Waals surface area (Å²) in [7, 11) is 3.23. The van der Waals surface area contributed by atoms with Crippen LogP contribution in [0.2, 0.25) is 0 Å². The second-order valence-electron chi connectivity index (χ2n) is 3.67. The predicted octanol–water partition coefficient (Wildman–Crippen LogP) is 2.90. The maximum Gasteiger partial charge on any atom is 0.184 e. The van der Waals surface area contributed by atoms with Crippen molar-refractivity contribution in [2.45, 2.75) is 12.7 Å². The van der Waals surface area contributed by atoms with Crippen molar-refractivity contribution >= 4 is 15.9 Å². The van der Waals surface area contributed by atoms with E-state index in [1.165, 1.54) is 0 Å². The normalized spacial score (nSPS) is 16.9. The lowest BCUT2D eigenvalue weighted by molar-refractivity contribution is -0.183. The Labute approximate surface area is 109 Å². The number of hydrogen-bond donors (Lipinski definition) is 0. The van der Waals surface area contributed by atoms with Crippen molar-refractivity contribution < 1.29 is 18.9 Å². The topological polar surface area (TPSA) is 36.9 Å². The number of benzene rings is 1. The predicted molar refractivity (Wildman–Crippen MR) is 66.5 cm³/mol. The molecule has 2 rings (SSSR count). The maximum atomic E-state index is 5.55. The molecule has 0 amide bonds. The third-order valence-electron chi connectivity index (χ3n) is 2.57. The van der Waals surface area contributed by atoms with Gasteiger partial charge in [0.1, 0.15) is 16.0 Å². The molecule has 0 aliphatic carbocycles. The van der Waals surface area contributed by atoms with Crippen molar-refractivity contribution in [3.63, 3.8) is 0 Å². The van der Waals surface area contributed by atoms with Gasteiger partial charge in [-0.05, 0) is 34.5 Å². The van der Waals surface area contributed by atoms with E-state index in [0.717, 1.165) is 16.5 Å². The van der Waals surface area contributed by atoms with Crippen molar-refractivity contribution in [1.29, 1.82) is 0 Å². The Morgan fingerprint density at radius 1 is 1.12 bits per heavy atom. The van der Waals surface area contributed by atoms with E-state index >= 15 is 0 Å². The van der Waals surface area contributed by atoms with Crippen molar-refractivity contribution in [3.05, 3.63) is 22.2 Å². The van der Waals surface area contributed by atoms with E-state index in [2.05, 4.69) is 15.9 Å². The fourth-order valence-electron chi connectivity index (χ4n) is 1.71. The minimum Gasteiger partial charge on any atom is -0.495 e. The zero-order valence-corrected chi connectivity index (χ0v) is 11.5. The van der Waals surface area contributed by atoms with Crippen LogP contribution in [0.4, 0.5) is 0 Å². The van der Waals surface area contributed by atoms with Crippen LogP contribution in [-0.2, 0) is 9.47 Å². The van der Waals surface area contributed by atoms with Crippen molar-refractivity contribution in [2.24, 2.45) is 0 Å². The number of ether oxygens (including phenoxy) is 4. The molecule has 5 heteroatoms. The highest BCUT2D eigenvalue weighted by Gasteiger charge is 2.20. The van der Waals surface area contributed by atoms with Crippen molar-refractivity contribution in [1.82, 2.24) is 0 Å². The first-order valence-corrected chi connectivity index (χ1v) is 6.20. The molecule has 94 valence electrons. The molecule has 0 aromatic heterocycles. The van der Waals surface area contributed by atoms with Gasteiger partial charge in [0, 0.05) is 5.56 Å². The van der Waals surface area contributed by atoms with Crippen LogP contribution >= 0.6 is 15.9 Å². The van der Waals surface area contributed by atoms with Crippen molar-refractivity contribution in [3.8, 4) is 11.5 Å². The standard InChI is InChI=1S/C12H15BrO4/c1-14-9-6-8(7-10(15-2)11(9)13)12-16-4-3-5-17-12/h6-7,12H,3-5H2,1-2H3. The van der Waals surface area contributed by atoms with Gasteiger partial charge < -0.3 is 18.9 Å². The van der Waals surface area contributed by atoms with E-state index in [-0.39, 0.29) is 6.29 Å². The Morgan fingerprint density at radius 2 is 1.65 bits per heavy atom. The lowest BCUT2D eigenvalue weighted by atomic mass is 10.2. The number of hydrogen-bond acceptors (Lipinski definition) is 4. The first kappa shape index (κ1) is 12.7. The Kier molecular flexibility index (Phi) is 4.25. The van der Waals surface area contributed by atoms with Gasteiger partial charge in [0.05, 0.1) is 27.4 Å². The van der Waals surface area contributed by atoms with Gasteiger partial charge >= 0.3 is 0 Å². The summed E-state index contributed by atoms with van der Waals surface area (Å²) in [6, 6.07) is 3.78. The van der Waals surface area contributed by atoms with Crippen LogP contribution in [0.1, 0.15) is 18.3 Å². The average Bonchev–Trinajstić information content (AvgIpc) is 2.40. The van der Waals surface area contributed by atoms with Gasteiger partial charge in [-0.3, -0.25) is 0 Å². The first-order chi connectivity index (χ1) is 8.26. The molecule has 17 heavy (non-hydrogen) atoms. The fourth-order valence-corrected chi connectivity index (χ4v) is 2.26. The molecule has 1 aromatic carbocycles. The molecule has 1 aliphatic heterocycles. The summed E-state index contributed by atoms with van der Waals surface area (Å²) in [5.74, 6) is 1.41. The molecule has 0 saturated carbocycles. The highest BCUT2D eigenvalue weighted by atomic mass is 79.9. The van der Waals surface area contributed by atoms with Gasteiger partial charge in [0.15, 0.2) is 6.29 Å². The van der Waals surface area contributed by atoms with E-state index in [1.807, 2.05) is 12.1 Å². The second-order valence-corrected chi connectivity index (χ2v) is 4.46. The van der Waals surface area contributed by atoms with E-state index < -0.39 is 0 Å². The van der Waals surface area contributed by atoms with Crippen LogP contribution in [0.5, 0.6) is 11.5 Å². The summed E-state index contributed by atoms with van der Waals surface area (Å²) in [6.45, 7) is 1.43. The lowest BCUT2D eigenvalue weighted by Crippen LogP contribution is -2.17. The van der Waals surface area contributed by atoms with E-state index in [9.17, 15) is 0 Å². The number of halogens is 1. The Morgan fingerprint density at radius 3 is 2.12 bits per heavy atom. The molecule has 0 spiro atoms. The number of methoxy groups -OCH3 is 2. The van der Waals surface area contributed by atoms with Crippen molar-refractivity contribution in [2.75, 3.05) is 27.4 Å². The zero-order chi connectivity index (χ0) is 12.3. The molecule has 4 nitrogen and oxygen atoms in total. The Bertz CT molecular complexity index is 363. The van der Waals surface area contributed by atoms with Gasteiger partial charge in [-0.15, -0.1) is 0 Å². The third-order valence-corrected chi connectivity index (χ3v) is 3.35. The SMILES string of the molecule is COc1cc(C2OCCCO2)cc(OC)c1Br. The first-order valence-electron chi connectivity index (χ1n) is 5.41. The van der Waals surface area contributed by atoms with Gasteiger partial charge in [-0.2, -0.15) is 0 Å². The van der Waals surface area contributed by atoms with Crippen LogP contribution in [-0.4, -0.2) is 27.4 Å². The molecule has 1 aliphatic rings. The second kappa shape index (κ2) is 5.71. The summed E-state index contributed by atoms with van der Waals surface area (Å²) in [4.78, 5) is 0. The van der Waals surface area contributed by atoms with Crippen LogP contribution in [0.25, 0.3) is 0 Å². The summed E-state index contributed by atoms with van der Waals surface area (Å²) in [6.07, 6.45) is 0.598. The van der Waals surface area contributed by atoms with Gasteiger partial charge in [-0.25, -0.2) is 0 Å². The van der Waals surface area contributed by atoms with E-state index in [0.29, 0.717) is 24.7 Å². The molecule has 1 fully saturated rings. The van der Waals surface area contributed by atoms with Crippen LogP contribution < -0.4 is 9.47 Å². The Hall–Kier alpha value is -0.780. The largest absolute Gasteiger partial charge is 0.495 e. The Balaban J connectivity index is 2.33. The number of rotatable bonds is 3. The molecule has 1 heterocycles. The molecule has 0 bridgehead atoms. The summed E-state index contributed by atoms with van der Waals surface area (Å²) in [5.41, 5.74) is 0.904. The molecule has 0 unspecified atom stereocenters. The van der Waals surface area contributed by atoms with Gasteiger partial charge in [0.2, 0.25) is 0 Å². The third kappa shape index (κ3) is 2.73. The smallest absolute Gasteiger partial charge is 0.184 e. The quantitative estimate of drug-likeness (QED) is 0.860. The highest BCUT2D eigenvalue weighted by Crippen LogP contribution is 2.38. The summed E-state index contributed by atoms with van der Waals surface area (Å²) < 4.78 is 22.5. The molecular formula is C12H15BrO4. The molecule has 1 aromatic rings. The molecule has 1 saturated heterocycles. The maximum absolute atomic E-state index is 5.55. The van der Waals surface area contributed by atoms with Gasteiger partial charge in [-0.1, -0.05) is 0 Å². The minimum absolute atomic E-state index is 0.334. The highest BCUT2D eigenvalue weighted by molar-refractivity contribution is 9.10. The monoisotopic (exact) mass is 302 g/mol. The van der Waals surface area contributed by atoms with E-state index in [1.54, 1.807) is 14.2 Å². The van der Waals surface area contributed by atoms with Crippen LogP contribution in [0.3, 0.4) is 0 Å². The summed E-state index contributed by atoms with van der Waals surface area (Å²) >= 11 is 3.43. The molecule has 0 atom stereocenters. The molecular weight excluding hydrogens is 288 g/mol. The van der Waals surface area contributed by atoms with E-state index in [4.69, 9.17) is 18.9 Å². The molecule has 0 radical (unpaired) electrons. The fraction of sp³-hybridized carbons (Fsp3) is 0.500. The lowest BCUT2D eigenvalue weighted by Gasteiger charge is -2.24. The zero-order valence-electron chi connectivity index (χ0n) is 9.86. The van der Waals surface area contributed by atoms with Crippen LogP contribution in [0.15, 0.2) is 16.6 Å². The van der Waals surface area contributed by atoms with Gasteiger partial charge in [0.25, 0.3) is 0 Å². The average molecular weight is 303 g/mol. The molecule has 0 N–H and O–H groups in total.